The Hall–Kier alpha value is -1.94. The number of nitrogens with zero attached hydrogens (tertiary/aromatic N) is 2. The zero-order chi connectivity index (χ0) is 15.3. The van der Waals surface area contributed by atoms with Crippen molar-refractivity contribution in [1.82, 2.24) is 4.31 Å². The van der Waals surface area contributed by atoms with Gasteiger partial charge < -0.3 is 0 Å². The summed E-state index contributed by atoms with van der Waals surface area (Å²) in [5.41, 5.74) is 0.325. The lowest BCUT2D eigenvalue weighted by Crippen LogP contribution is -2.30. The van der Waals surface area contributed by atoms with E-state index in [4.69, 9.17) is 5.26 Å². The molecule has 0 aliphatic heterocycles. The van der Waals surface area contributed by atoms with Crippen LogP contribution in [0.3, 0.4) is 0 Å². The minimum absolute atomic E-state index is 0.125. The van der Waals surface area contributed by atoms with E-state index in [9.17, 15) is 8.42 Å². The Labute approximate surface area is 128 Å². The first-order chi connectivity index (χ1) is 10.1. The Bertz CT molecular complexity index is 759. The lowest BCUT2D eigenvalue weighted by atomic mass is 10.2. The Morgan fingerprint density at radius 3 is 2.76 bits per heavy atom. The molecule has 0 unspecified atom stereocenters. The van der Waals surface area contributed by atoms with Gasteiger partial charge in [-0.15, -0.1) is 17.9 Å². The van der Waals surface area contributed by atoms with E-state index in [2.05, 4.69) is 6.58 Å². The molecule has 0 aliphatic carbocycles. The van der Waals surface area contributed by atoms with E-state index in [0.717, 1.165) is 4.88 Å². The zero-order valence-corrected chi connectivity index (χ0v) is 12.9. The van der Waals surface area contributed by atoms with Gasteiger partial charge in [0.05, 0.1) is 16.5 Å². The molecule has 0 saturated carbocycles. The molecule has 6 heteroatoms. The number of rotatable bonds is 6. The van der Waals surface area contributed by atoms with Crippen LogP contribution in [0.1, 0.15) is 10.4 Å². The number of hydrogen-bond acceptors (Lipinski definition) is 4. The van der Waals surface area contributed by atoms with Crippen molar-refractivity contribution in [3.05, 3.63) is 64.9 Å². The molecule has 0 bridgehead atoms. The molecule has 0 radical (unpaired) electrons. The van der Waals surface area contributed by atoms with E-state index < -0.39 is 10.0 Å². The Kier molecular flexibility index (Phi) is 4.91. The summed E-state index contributed by atoms with van der Waals surface area (Å²) < 4.78 is 26.7. The fraction of sp³-hybridized carbons (Fsp3) is 0.133. The monoisotopic (exact) mass is 318 g/mol. The highest BCUT2D eigenvalue weighted by Crippen LogP contribution is 2.21. The van der Waals surface area contributed by atoms with Crippen LogP contribution < -0.4 is 0 Å². The van der Waals surface area contributed by atoms with Crippen molar-refractivity contribution >= 4 is 21.4 Å². The van der Waals surface area contributed by atoms with Crippen molar-refractivity contribution in [3.63, 3.8) is 0 Å². The van der Waals surface area contributed by atoms with Crippen LogP contribution in [0.25, 0.3) is 0 Å². The third-order valence-corrected chi connectivity index (χ3v) is 5.51. The average Bonchev–Trinajstić information content (AvgIpc) is 3.00. The molecule has 0 N–H and O–H groups in total. The highest BCUT2D eigenvalue weighted by atomic mass is 32.2. The molecule has 0 amide bonds. The molecular formula is C15H14N2O2S2. The second-order valence-corrected chi connectivity index (χ2v) is 7.28. The number of thiophene rings is 1. The van der Waals surface area contributed by atoms with E-state index >= 15 is 0 Å². The van der Waals surface area contributed by atoms with Gasteiger partial charge in [0.1, 0.15) is 0 Å². The lowest BCUT2D eigenvalue weighted by Gasteiger charge is -2.20. The third kappa shape index (κ3) is 3.58. The van der Waals surface area contributed by atoms with E-state index in [-0.39, 0.29) is 11.4 Å². The number of sulfonamides is 1. The van der Waals surface area contributed by atoms with Crippen LogP contribution in [-0.4, -0.2) is 19.3 Å². The molecule has 0 saturated heterocycles. The molecule has 0 atom stereocenters. The summed E-state index contributed by atoms with van der Waals surface area (Å²) in [7, 11) is -3.65. The number of hydrogen-bond donors (Lipinski definition) is 0. The van der Waals surface area contributed by atoms with Crippen molar-refractivity contribution in [2.75, 3.05) is 6.54 Å². The van der Waals surface area contributed by atoms with Crippen LogP contribution in [0.4, 0.5) is 0 Å². The fourth-order valence-electron chi connectivity index (χ4n) is 1.84. The zero-order valence-electron chi connectivity index (χ0n) is 11.3. The van der Waals surface area contributed by atoms with Crippen molar-refractivity contribution in [2.45, 2.75) is 11.4 Å². The summed E-state index contributed by atoms with van der Waals surface area (Å²) >= 11 is 1.50. The van der Waals surface area contributed by atoms with E-state index in [0.29, 0.717) is 12.1 Å². The van der Waals surface area contributed by atoms with Crippen molar-refractivity contribution < 1.29 is 8.42 Å². The molecule has 1 heterocycles. The van der Waals surface area contributed by atoms with Crippen LogP contribution >= 0.6 is 11.3 Å². The highest BCUT2D eigenvalue weighted by Gasteiger charge is 2.24. The van der Waals surface area contributed by atoms with Crippen molar-refractivity contribution in [2.24, 2.45) is 0 Å². The highest BCUT2D eigenvalue weighted by molar-refractivity contribution is 7.89. The van der Waals surface area contributed by atoms with Crippen LogP contribution in [0.15, 0.2) is 59.3 Å². The number of nitriles is 1. The van der Waals surface area contributed by atoms with Gasteiger partial charge in [-0.1, -0.05) is 18.2 Å². The van der Waals surface area contributed by atoms with Gasteiger partial charge in [0.15, 0.2) is 0 Å². The summed E-state index contributed by atoms with van der Waals surface area (Å²) in [4.78, 5) is 1.08. The van der Waals surface area contributed by atoms with Gasteiger partial charge in [-0.2, -0.15) is 9.57 Å². The first-order valence-electron chi connectivity index (χ1n) is 6.21. The third-order valence-electron chi connectivity index (χ3n) is 2.85. The minimum atomic E-state index is -3.65. The molecule has 1 aromatic heterocycles. The maximum absolute atomic E-state index is 12.7. The van der Waals surface area contributed by atoms with Crippen LogP contribution in [0, 0.1) is 11.3 Å². The van der Waals surface area contributed by atoms with Gasteiger partial charge in [0, 0.05) is 18.0 Å². The first-order valence-corrected chi connectivity index (χ1v) is 8.53. The topological polar surface area (TPSA) is 61.2 Å². The summed E-state index contributed by atoms with van der Waals surface area (Å²) in [5.74, 6) is 0. The van der Waals surface area contributed by atoms with Gasteiger partial charge in [0.2, 0.25) is 10.0 Å². The van der Waals surface area contributed by atoms with Gasteiger partial charge in [-0.3, -0.25) is 0 Å². The summed E-state index contributed by atoms with van der Waals surface area (Å²) in [5, 5.41) is 10.8. The molecule has 0 aliphatic rings. The number of benzene rings is 1. The Morgan fingerprint density at radius 2 is 2.14 bits per heavy atom. The first kappa shape index (κ1) is 15.4. The largest absolute Gasteiger partial charge is 0.243 e. The minimum Gasteiger partial charge on any atom is -0.207 e. The lowest BCUT2D eigenvalue weighted by molar-refractivity contribution is 0.441. The van der Waals surface area contributed by atoms with Crippen LogP contribution in [0.2, 0.25) is 0 Å². The van der Waals surface area contributed by atoms with E-state index in [1.165, 1.54) is 27.8 Å². The Morgan fingerprint density at radius 1 is 1.33 bits per heavy atom. The van der Waals surface area contributed by atoms with Crippen molar-refractivity contribution in [1.29, 1.82) is 5.26 Å². The molecule has 2 aromatic rings. The smallest absolute Gasteiger partial charge is 0.207 e. The molecule has 1 aromatic carbocycles. The van der Waals surface area contributed by atoms with Crippen LogP contribution in [-0.2, 0) is 16.6 Å². The molecule has 0 spiro atoms. The van der Waals surface area contributed by atoms with E-state index in [1.807, 2.05) is 23.6 Å². The summed E-state index contributed by atoms with van der Waals surface area (Å²) in [6.07, 6.45) is 1.55. The molecule has 2 rings (SSSR count). The SMILES string of the molecule is C=CCN(Cc1cccs1)S(=O)(=O)c1cccc(C#N)c1. The average molecular weight is 318 g/mol. The van der Waals surface area contributed by atoms with Gasteiger partial charge in [-0.25, -0.2) is 8.42 Å². The summed E-state index contributed by atoms with van der Waals surface area (Å²) in [6.45, 7) is 4.13. The van der Waals surface area contributed by atoms with Gasteiger partial charge >= 0.3 is 0 Å². The maximum atomic E-state index is 12.7. The van der Waals surface area contributed by atoms with Gasteiger partial charge in [0.25, 0.3) is 0 Å². The second kappa shape index (κ2) is 6.68. The molecular weight excluding hydrogens is 304 g/mol. The maximum Gasteiger partial charge on any atom is 0.243 e. The van der Waals surface area contributed by atoms with E-state index in [1.54, 1.807) is 18.2 Å². The molecule has 21 heavy (non-hydrogen) atoms. The normalized spacial score (nSPS) is 11.2. The standard InChI is InChI=1S/C15H14N2O2S2/c1-2-8-17(12-14-6-4-9-20-14)21(18,19)15-7-3-5-13(10-15)11-16/h2-7,9-10H,1,8,12H2. The molecule has 4 nitrogen and oxygen atoms in total. The second-order valence-electron chi connectivity index (χ2n) is 4.31. The van der Waals surface area contributed by atoms with Crippen molar-refractivity contribution in [3.8, 4) is 6.07 Å². The van der Waals surface area contributed by atoms with Gasteiger partial charge in [-0.05, 0) is 29.6 Å². The Balaban J connectivity index is 2.37. The predicted octanol–water partition coefficient (Wildman–Crippen LogP) is 3.00. The van der Waals surface area contributed by atoms with Crippen LogP contribution in [0.5, 0.6) is 0 Å². The fourth-order valence-corrected chi connectivity index (χ4v) is 4.08. The molecule has 0 fully saturated rings. The molecule has 108 valence electrons. The summed E-state index contributed by atoms with van der Waals surface area (Å²) in [6, 6.07) is 11.8. The quantitative estimate of drug-likeness (QED) is 0.769. The predicted molar refractivity (Wildman–Crippen MR) is 83.3 cm³/mol.